The van der Waals surface area contributed by atoms with Crippen LogP contribution in [0.25, 0.3) is 0 Å². The molecular weight excluding hydrogens is 483 g/mol. The van der Waals surface area contributed by atoms with Crippen molar-refractivity contribution < 1.29 is 37.8 Å². The quantitative estimate of drug-likeness (QED) is 0.0826. The molecule has 0 aliphatic rings. The lowest BCUT2D eigenvalue weighted by molar-refractivity contribution is -0.101. The lowest BCUT2D eigenvalue weighted by Gasteiger charge is -2.37. The summed E-state index contributed by atoms with van der Waals surface area (Å²) in [5.74, 6) is 0. The number of phosphoric acid groups is 1. The molecule has 0 bridgehead atoms. The zero-order valence-electron chi connectivity index (χ0n) is 21.8. The van der Waals surface area contributed by atoms with Gasteiger partial charge in [-0.05, 0) is 38.5 Å². The van der Waals surface area contributed by atoms with E-state index in [1.807, 2.05) is 6.08 Å². The first-order valence-corrected chi connectivity index (χ1v) is 13.8. The van der Waals surface area contributed by atoms with Crippen molar-refractivity contribution in [2.24, 2.45) is 10.8 Å². The van der Waals surface area contributed by atoms with Crippen LogP contribution >= 0.6 is 7.82 Å². The van der Waals surface area contributed by atoms with Gasteiger partial charge in [0, 0.05) is 10.8 Å². The summed E-state index contributed by atoms with van der Waals surface area (Å²) >= 11 is 0. The Labute approximate surface area is 217 Å². The molecule has 0 saturated heterocycles. The Kier molecular flexibility index (Phi) is 19.9. The molecule has 8 nitrogen and oxygen atoms in total. The average molecular weight is 531 g/mol. The number of hydrogen-bond donors (Lipinski definition) is 2. The van der Waals surface area contributed by atoms with Crippen LogP contribution in [0, 0.1) is 10.8 Å². The first-order valence-electron chi connectivity index (χ1n) is 12.3. The van der Waals surface area contributed by atoms with Crippen LogP contribution in [0.15, 0.2) is 63.3 Å². The maximum atomic E-state index is 11.5. The van der Waals surface area contributed by atoms with Gasteiger partial charge in [-0.25, -0.2) is 4.57 Å². The molecule has 0 aliphatic heterocycles. The fourth-order valence-corrected chi connectivity index (χ4v) is 4.15. The maximum absolute atomic E-state index is 11.5. The third-order valence-electron chi connectivity index (χ3n) is 5.52. The molecular formula is C27H47O8P. The van der Waals surface area contributed by atoms with Crippen LogP contribution < -0.4 is 0 Å². The van der Waals surface area contributed by atoms with Crippen molar-refractivity contribution in [3.8, 4) is 0 Å². The van der Waals surface area contributed by atoms with Gasteiger partial charge in [0.15, 0.2) is 0 Å². The Morgan fingerprint density at radius 1 is 0.583 bits per heavy atom. The van der Waals surface area contributed by atoms with Crippen molar-refractivity contribution in [1.29, 1.82) is 0 Å². The molecule has 1 unspecified atom stereocenters. The van der Waals surface area contributed by atoms with Crippen LogP contribution in [0.4, 0.5) is 0 Å². The monoisotopic (exact) mass is 530 g/mol. The van der Waals surface area contributed by atoms with Gasteiger partial charge >= 0.3 is 7.82 Å². The van der Waals surface area contributed by atoms with E-state index in [4.69, 9.17) is 23.5 Å². The third kappa shape index (κ3) is 17.2. The number of rotatable bonds is 27. The summed E-state index contributed by atoms with van der Waals surface area (Å²) in [7, 11) is -4.68. The minimum atomic E-state index is -4.68. The predicted octanol–water partition coefficient (Wildman–Crippen LogP) is 5.41. The Balaban J connectivity index is 5.74. The summed E-state index contributed by atoms with van der Waals surface area (Å²) < 4.78 is 40.1. The highest BCUT2D eigenvalue weighted by Crippen LogP contribution is 2.40. The van der Waals surface area contributed by atoms with Gasteiger partial charge in [0.05, 0.1) is 59.5 Å². The van der Waals surface area contributed by atoms with Crippen LogP contribution in [-0.2, 0) is 28.0 Å². The first kappa shape index (κ1) is 34.6. The lowest BCUT2D eigenvalue weighted by atomic mass is 9.83. The van der Waals surface area contributed by atoms with Gasteiger partial charge in [0.2, 0.25) is 0 Å². The molecule has 0 fully saturated rings. The molecule has 0 heterocycles. The van der Waals surface area contributed by atoms with Crippen LogP contribution in [0.2, 0.25) is 0 Å². The number of phosphoric ester groups is 1. The smallest absolute Gasteiger partial charge is 0.380 e. The minimum Gasteiger partial charge on any atom is -0.380 e. The third-order valence-corrected chi connectivity index (χ3v) is 5.98. The maximum Gasteiger partial charge on any atom is 0.469 e. The minimum absolute atomic E-state index is 0.174. The van der Waals surface area contributed by atoms with E-state index < -0.39 is 18.7 Å². The SMILES string of the molecule is C=CCCCC(COCC=C)(COCC=C)COCC(CCCC=C)(COCC=C)COP(=O)(O)O. The molecule has 9 heteroatoms. The van der Waals surface area contributed by atoms with Gasteiger partial charge in [-0.3, -0.25) is 4.52 Å². The summed E-state index contributed by atoms with van der Waals surface area (Å²) in [5, 5.41) is 0. The van der Waals surface area contributed by atoms with E-state index >= 15 is 0 Å². The largest absolute Gasteiger partial charge is 0.469 e. The Morgan fingerprint density at radius 2 is 0.944 bits per heavy atom. The molecule has 0 rings (SSSR count). The number of ether oxygens (including phenoxy) is 4. The topological polar surface area (TPSA) is 104 Å². The van der Waals surface area contributed by atoms with E-state index in [0.29, 0.717) is 46.1 Å². The lowest BCUT2D eigenvalue weighted by Crippen LogP contribution is -2.42. The van der Waals surface area contributed by atoms with E-state index in [-0.39, 0.29) is 19.8 Å². The molecule has 0 radical (unpaired) electrons. The van der Waals surface area contributed by atoms with Gasteiger partial charge in [0.1, 0.15) is 0 Å². The number of unbranched alkanes of at least 4 members (excludes halogenated alkanes) is 2. The summed E-state index contributed by atoms with van der Waals surface area (Å²) in [6.07, 6.45) is 13.3. The highest BCUT2D eigenvalue weighted by Gasteiger charge is 2.37. The molecule has 0 aromatic carbocycles. The number of allylic oxidation sites excluding steroid dienone is 2. The normalized spacial score (nSPS) is 13.6. The van der Waals surface area contributed by atoms with Crippen LogP contribution in [0.3, 0.4) is 0 Å². The van der Waals surface area contributed by atoms with E-state index in [2.05, 4.69) is 32.9 Å². The van der Waals surface area contributed by atoms with Crippen molar-refractivity contribution in [3.05, 3.63) is 63.3 Å². The first-order chi connectivity index (χ1) is 17.2. The molecule has 0 aromatic heterocycles. The molecule has 36 heavy (non-hydrogen) atoms. The van der Waals surface area contributed by atoms with Gasteiger partial charge in [0.25, 0.3) is 0 Å². The van der Waals surface area contributed by atoms with E-state index in [1.54, 1.807) is 24.3 Å². The molecule has 208 valence electrons. The van der Waals surface area contributed by atoms with Crippen molar-refractivity contribution >= 4 is 7.82 Å². The summed E-state index contributed by atoms with van der Waals surface area (Å²) in [4.78, 5) is 18.7. The summed E-state index contributed by atoms with van der Waals surface area (Å²) in [5.41, 5.74) is -1.21. The highest BCUT2D eigenvalue weighted by atomic mass is 31.2. The van der Waals surface area contributed by atoms with Crippen molar-refractivity contribution in [2.75, 3.05) is 59.5 Å². The molecule has 0 aliphatic carbocycles. The van der Waals surface area contributed by atoms with Gasteiger partial charge in [-0.15, -0.1) is 32.9 Å². The molecule has 2 N–H and O–H groups in total. The zero-order chi connectivity index (χ0) is 27.2. The fraction of sp³-hybridized carbons (Fsp3) is 0.630. The number of hydrogen-bond acceptors (Lipinski definition) is 6. The highest BCUT2D eigenvalue weighted by molar-refractivity contribution is 7.46. The van der Waals surface area contributed by atoms with Crippen LogP contribution in [0.5, 0.6) is 0 Å². The van der Waals surface area contributed by atoms with E-state index in [1.165, 1.54) is 0 Å². The standard InChI is InChI=1S/C27H47O8P/c1-6-11-13-15-26(20-31-17-8-3,21-32-18-9-4)23-34-24-27(16-14-12-7-2,22-33-19-10-5)25-35-36(28,29)30/h6-10H,1-5,11-25H2,(H2,28,29,30). The van der Waals surface area contributed by atoms with Crippen molar-refractivity contribution in [3.63, 3.8) is 0 Å². The Morgan fingerprint density at radius 3 is 1.28 bits per heavy atom. The van der Waals surface area contributed by atoms with Gasteiger partial charge < -0.3 is 28.7 Å². The fourth-order valence-electron chi connectivity index (χ4n) is 3.71. The predicted molar refractivity (Wildman–Crippen MR) is 145 cm³/mol. The zero-order valence-corrected chi connectivity index (χ0v) is 22.7. The molecule has 0 spiro atoms. The second-order valence-electron chi connectivity index (χ2n) is 9.03. The Hall–Kier alpha value is -1.35. The van der Waals surface area contributed by atoms with Crippen LogP contribution in [0.1, 0.15) is 38.5 Å². The molecule has 0 saturated carbocycles. The molecule has 0 aromatic rings. The molecule has 1 atom stereocenters. The van der Waals surface area contributed by atoms with E-state index in [0.717, 1.165) is 32.1 Å². The van der Waals surface area contributed by atoms with Crippen LogP contribution in [-0.4, -0.2) is 69.2 Å². The van der Waals surface area contributed by atoms with Crippen molar-refractivity contribution in [2.45, 2.75) is 38.5 Å². The summed E-state index contributed by atoms with van der Waals surface area (Å²) in [6.45, 7) is 21.1. The second kappa shape index (κ2) is 20.7. The Bertz CT molecular complexity index is 623. The van der Waals surface area contributed by atoms with Gasteiger partial charge in [-0.2, -0.15) is 0 Å². The average Bonchev–Trinajstić information content (AvgIpc) is 2.83. The molecule has 0 amide bonds. The van der Waals surface area contributed by atoms with Crippen molar-refractivity contribution in [1.82, 2.24) is 0 Å². The summed E-state index contributed by atoms with van der Waals surface area (Å²) in [6, 6.07) is 0. The van der Waals surface area contributed by atoms with Gasteiger partial charge in [-0.1, -0.05) is 30.4 Å². The second-order valence-corrected chi connectivity index (χ2v) is 10.3. The van der Waals surface area contributed by atoms with E-state index in [9.17, 15) is 14.4 Å².